The third kappa shape index (κ3) is 4.37. The van der Waals surface area contributed by atoms with Gasteiger partial charge >= 0.3 is 5.97 Å². The Morgan fingerprint density at radius 3 is 2.71 bits per heavy atom. The van der Waals surface area contributed by atoms with Crippen LogP contribution in [0.1, 0.15) is 22.8 Å². The van der Waals surface area contributed by atoms with Crippen molar-refractivity contribution in [3.05, 3.63) is 72.1 Å². The van der Waals surface area contributed by atoms with Gasteiger partial charge in [0.15, 0.2) is 5.75 Å². The highest BCUT2D eigenvalue weighted by Gasteiger charge is 2.17. The number of rotatable bonds is 8. The molecule has 0 saturated heterocycles. The normalized spacial score (nSPS) is 10.4. The third-order valence-electron chi connectivity index (χ3n) is 4.06. The predicted molar refractivity (Wildman–Crippen MR) is 105 cm³/mol. The first kappa shape index (κ1) is 19.2. The van der Waals surface area contributed by atoms with Crippen molar-refractivity contribution in [3.8, 4) is 11.6 Å². The molecule has 7 heteroatoms. The smallest absolute Gasteiger partial charge is 0.335 e. The molecule has 0 bridgehead atoms. The third-order valence-corrected chi connectivity index (χ3v) is 4.06. The van der Waals surface area contributed by atoms with E-state index in [9.17, 15) is 9.90 Å². The van der Waals surface area contributed by atoms with Crippen molar-refractivity contribution >= 4 is 17.5 Å². The van der Waals surface area contributed by atoms with Crippen LogP contribution in [0.3, 0.4) is 0 Å². The Morgan fingerprint density at radius 2 is 2.04 bits per heavy atom. The SMILES string of the molecule is CCOc1nc(N(Cc2cccnc2)c2cccc(C(=O)O)c2)ccc1OC. The highest BCUT2D eigenvalue weighted by molar-refractivity contribution is 5.89. The quantitative estimate of drug-likeness (QED) is 0.635. The minimum absolute atomic E-state index is 0.201. The maximum atomic E-state index is 11.4. The van der Waals surface area contributed by atoms with Gasteiger partial charge in [-0.3, -0.25) is 4.98 Å². The number of hydrogen-bond donors (Lipinski definition) is 1. The van der Waals surface area contributed by atoms with Gasteiger partial charge < -0.3 is 19.5 Å². The fourth-order valence-corrected chi connectivity index (χ4v) is 2.75. The van der Waals surface area contributed by atoms with E-state index in [1.54, 1.807) is 43.8 Å². The number of anilines is 2. The number of ether oxygens (including phenoxy) is 2. The lowest BCUT2D eigenvalue weighted by molar-refractivity contribution is 0.0697. The first-order valence-electron chi connectivity index (χ1n) is 8.80. The number of benzene rings is 1. The molecule has 28 heavy (non-hydrogen) atoms. The van der Waals surface area contributed by atoms with E-state index in [0.717, 1.165) is 5.56 Å². The standard InChI is InChI=1S/C21H21N3O4/c1-3-28-20-18(27-2)9-10-19(23-20)24(14-15-6-5-11-22-13-15)17-8-4-7-16(12-17)21(25)26/h4-13H,3,14H2,1-2H3,(H,25,26). The van der Waals surface area contributed by atoms with Crippen LogP contribution >= 0.6 is 0 Å². The maximum Gasteiger partial charge on any atom is 0.335 e. The van der Waals surface area contributed by atoms with Gasteiger partial charge in [-0.25, -0.2) is 4.79 Å². The van der Waals surface area contributed by atoms with Gasteiger partial charge in [-0.1, -0.05) is 12.1 Å². The number of hydrogen-bond acceptors (Lipinski definition) is 6. The second-order valence-corrected chi connectivity index (χ2v) is 5.91. The van der Waals surface area contributed by atoms with E-state index >= 15 is 0 Å². The van der Waals surface area contributed by atoms with Crippen LogP contribution in [0, 0.1) is 0 Å². The number of aromatic nitrogens is 2. The lowest BCUT2D eigenvalue weighted by Crippen LogP contribution is -2.18. The molecule has 0 radical (unpaired) electrons. The van der Waals surface area contributed by atoms with Gasteiger partial charge in [0.1, 0.15) is 5.82 Å². The average molecular weight is 379 g/mol. The Morgan fingerprint density at radius 1 is 1.18 bits per heavy atom. The molecule has 0 unspecified atom stereocenters. The first-order valence-corrected chi connectivity index (χ1v) is 8.80. The number of pyridine rings is 2. The van der Waals surface area contributed by atoms with Crippen molar-refractivity contribution in [1.82, 2.24) is 9.97 Å². The topological polar surface area (TPSA) is 84.8 Å². The van der Waals surface area contributed by atoms with E-state index in [0.29, 0.717) is 36.3 Å². The molecule has 3 rings (SSSR count). The molecule has 3 aromatic rings. The second-order valence-electron chi connectivity index (χ2n) is 5.91. The molecule has 1 N–H and O–H groups in total. The molecule has 0 atom stereocenters. The molecule has 0 aliphatic rings. The zero-order valence-corrected chi connectivity index (χ0v) is 15.7. The minimum atomic E-state index is -0.985. The lowest BCUT2D eigenvalue weighted by Gasteiger charge is -2.25. The summed E-state index contributed by atoms with van der Waals surface area (Å²) in [6.45, 7) is 2.78. The molecular formula is C21H21N3O4. The fourth-order valence-electron chi connectivity index (χ4n) is 2.75. The molecule has 0 aliphatic carbocycles. The van der Waals surface area contributed by atoms with Gasteiger partial charge in [-0.2, -0.15) is 4.98 Å². The monoisotopic (exact) mass is 379 g/mol. The van der Waals surface area contributed by atoms with Crippen molar-refractivity contribution in [2.75, 3.05) is 18.6 Å². The Bertz CT molecular complexity index is 947. The summed E-state index contributed by atoms with van der Waals surface area (Å²) >= 11 is 0. The number of carbonyl (C=O) groups is 1. The summed E-state index contributed by atoms with van der Waals surface area (Å²) in [6, 6.07) is 14.1. The number of carboxylic acids is 1. The zero-order chi connectivity index (χ0) is 19.9. The largest absolute Gasteiger partial charge is 0.491 e. The Hall–Kier alpha value is -3.61. The summed E-state index contributed by atoms with van der Waals surface area (Å²) in [6.07, 6.45) is 3.47. The molecule has 0 spiro atoms. The molecule has 2 heterocycles. The van der Waals surface area contributed by atoms with E-state index in [1.807, 2.05) is 36.1 Å². The number of aromatic carboxylic acids is 1. The second kappa shape index (κ2) is 8.85. The van der Waals surface area contributed by atoms with Crippen LogP contribution in [0.25, 0.3) is 0 Å². The van der Waals surface area contributed by atoms with E-state index in [-0.39, 0.29) is 5.56 Å². The molecule has 0 saturated carbocycles. The van der Waals surface area contributed by atoms with Gasteiger partial charge in [0.05, 0.1) is 25.8 Å². The molecule has 1 aromatic carbocycles. The Balaban J connectivity index is 2.07. The fraction of sp³-hybridized carbons (Fsp3) is 0.190. The highest BCUT2D eigenvalue weighted by atomic mass is 16.5. The summed E-state index contributed by atoms with van der Waals surface area (Å²) in [5.41, 5.74) is 1.86. The van der Waals surface area contributed by atoms with Crippen LogP contribution < -0.4 is 14.4 Å². The molecule has 7 nitrogen and oxygen atoms in total. The Labute approximate surface area is 163 Å². The van der Waals surface area contributed by atoms with Gasteiger partial charge in [0, 0.05) is 18.1 Å². The van der Waals surface area contributed by atoms with Gasteiger partial charge in [-0.15, -0.1) is 0 Å². The highest BCUT2D eigenvalue weighted by Crippen LogP contribution is 2.32. The summed E-state index contributed by atoms with van der Waals surface area (Å²) < 4.78 is 10.9. The van der Waals surface area contributed by atoms with E-state index in [2.05, 4.69) is 9.97 Å². The van der Waals surface area contributed by atoms with Crippen molar-refractivity contribution in [3.63, 3.8) is 0 Å². The van der Waals surface area contributed by atoms with E-state index in [1.165, 1.54) is 0 Å². The lowest BCUT2D eigenvalue weighted by atomic mass is 10.1. The van der Waals surface area contributed by atoms with Crippen molar-refractivity contribution < 1.29 is 19.4 Å². The van der Waals surface area contributed by atoms with Crippen molar-refractivity contribution in [1.29, 1.82) is 0 Å². The van der Waals surface area contributed by atoms with Crippen LogP contribution in [-0.4, -0.2) is 34.8 Å². The summed E-state index contributed by atoms with van der Waals surface area (Å²) in [5.74, 6) is 0.538. The number of carboxylic acid groups (broad SMARTS) is 1. The molecule has 0 aliphatic heterocycles. The molecule has 144 valence electrons. The predicted octanol–water partition coefficient (Wildman–Crippen LogP) is 3.92. The van der Waals surface area contributed by atoms with Gasteiger partial charge in [-0.05, 0) is 48.9 Å². The molecule has 0 fully saturated rings. The summed E-state index contributed by atoms with van der Waals surface area (Å²) in [4.78, 5) is 22.1. The molecular weight excluding hydrogens is 358 g/mol. The summed E-state index contributed by atoms with van der Waals surface area (Å²) in [7, 11) is 1.56. The van der Waals surface area contributed by atoms with Crippen LogP contribution in [0.15, 0.2) is 60.9 Å². The summed E-state index contributed by atoms with van der Waals surface area (Å²) in [5, 5.41) is 9.35. The number of methoxy groups -OCH3 is 1. The van der Waals surface area contributed by atoms with Crippen LogP contribution in [0.2, 0.25) is 0 Å². The maximum absolute atomic E-state index is 11.4. The van der Waals surface area contributed by atoms with Crippen molar-refractivity contribution in [2.24, 2.45) is 0 Å². The Kier molecular flexibility index (Phi) is 6.06. The van der Waals surface area contributed by atoms with E-state index in [4.69, 9.17) is 9.47 Å². The first-order chi connectivity index (χ1) is 13.6. The van der Waals surface area contributed by atoms with E-state index < -0.39 is 5.97 Å². The zero-order valence-electron chi connectivity index (χ0n) is 15.7. The van der Waals surface area contributed by atoms with Crippen molar-refractivity contribution in [2.45, 2.75) is 13.5 Å². The van der Waals surface area contributed by atoms with Crippen LogP contribution in [0.5, 0.6) is 11.6 Å². The average Bonchev–Trinajstić information content (AvgIpc) is 2.73. The van der Waals surface area contributed by atoms with Crippen LogP contribution in [-0.2, 0) is 6.54 Å². The molecule has 2 aromatic heterocycles. The molecule has 0 amide bonds. The van der Waals surface area contributed by atoms with Crippen LogP contribution in [0.4, 0.5) is 11.5 Å². The van der Waals surface area contributed by atoms with Gasteiger partial charge in [0.2, 0.25) is 0 Å². The minimum Gasteiger partial charge on any atom is -0.491 e. The number of nitrogens with zero attached hydrogens (tertiary/aromatic N) is 3. The van der Waals surface area contributed by atoms with Gasteiger partial charge in [0.25, 0.3) is 5.88 Å².